The number of carbonyl (C=O) groups excluding carboxylic acids is 1. The minimum atomic E-state index is -0.105. The third-order valence-electron chi connectivity index (χ3n) is 3.20. The number of ketones is 1. The summed E-state index contributed by atoms with van der Waals surface area (Å²) in [6, 6.07) is 8.95. The Bertz CT molecular complexity index is 669. The highest BCUT2D eigenvalue weighted by Gasteiger charge is 2.17. The Labute approximate surface area is 129 Å². The van der Waals surface area contributed by atoms with Crippen molar-refractivity contribution in [2.24, 2.45) is 0 Å². The van der Waals surface area contributed by atoms with Gasteiger partial charge in [0.25, 0.3) is 0 Å². The first-order valence-corrected chi connectivity index (χ1v) is 6.94. The number of aryl methyl sites for hydroxylation is 2. The Kier molecular flexibility index (Phi) is 4.53. The number of benzene rings is 2. The van der Waals surface area contributed by atoms with Crippen molar-refractivity contribution >= 4 is 17.4 Å². The Morgan fingerprint density at radius 3 is 2.19 bits per heavy atom. The van der Waals surface area contributed by atoms with E-state index in [1.54, 1.807) is 18.2 Å². The normalized spacial score (nSPS) is 10.3. The Morgan fingerprint density at radius 1 is 1.10 bits per heavy atom. The second-order valence-corrected chi connectivity index (χ2v) is 5.30. The molecule has 3 nitrogen and oxygen atoms in total. The predicted octanol–water partition coefficient (Wildman–Crippen LogP) is 4.96. The van der Waals surface area contributed by atoms with E-state index in [2.05, 4.69) is 0 Å². The van der Waals surface area contributed by atoms with Gasteiger partial charge in [-0.3, -0.25) is 4.79 Å². The zero-order valence-corrected chi connectivity index (χ0v) is 13.2. The van der Waals surface area contributed by atoms with Gasteiger partial charge in [0.1, 0.15) is 22.8 Å². The van der Waals surface area contributed by atoms with Crippen LogP contribution in [-0.4, -0.2) is 12.9 Å². The molecule has 110 valence electrons. The Morgan fingerprint density at radius 2 is 1.67 bits per heavy atom. The number of hydrogen-bond acceptors (Lipinski definition) is 3. The van der Waals surface area contributed by atoms with Crippen LogP contribution in [0, 0.1) is 13.8 Å². The molecule has 0 saturated heterocycles. The van der Waals surface area contributed by atoms with Gasteiger partial charge in [0.05, 0.1) is 7.11 Å². The van der Waals surface area contributed by atoms with Gasteiger partial charge >= 0.3 is 0 Å². The zero-order chi connectivity index (χ0) is 15.6. The minimum absolute atomic E-state index is 0.105. The summed E-state index contributed by atoms with van der Waals surface area (Å²) in [4.78, 5) is 11.9. The van der Waals surface area contributed by atoms with Crippen LogP contribution in [0.3, 0.4) is 0 Å². The molecule has 2 aromatic rings. The van der Waals surface area contributed by atoms with Crippen LogP contribution in [0.25, 0.3) is 0 Å². The van der Waals surface area contributed by atoms with E-state index in [0.717, 1.165) is 11.1 Å². The second kappa shape index (κ2) is 6.19. The fourth-order valence-electron chi connectivity index (χ4n) is 2.28. The Balaban J connectivity index is 2.52. The van der Waals surface area contributed by atoms with E-state index in [9.17, 15) is 4.79 Å². The number of halogens is 1. The molecule has 0 saturated carbocycles. The van der Waals surface area contributed by atoms with Gasteiger partial charge in [-0.15, -0.1) is 0 Å². The molecule has 0 heterocycles. The second-order valence-electron chi connectivity index (χ2n) is 4.86. The van der Waals surface area contributed by atoms with Gasteiger partial charge in [-0.1, -0.05) is 17.7 Å². The van der Waals surface area contributed by atoms with Crippen molar-refractivity contribution in [3.8, 4) is 17.2 Å². The lowest BCUT2D eigenvalue weighted by molar-refractivity contribution is 0.101. The van der Waals surface area contributed by atoms with E-state index in [1.165, 1.54) is 14.0 Å². The maximum atomic E-state index is 11.9. The average Bonchev–Trinajstić information content (AvgIpc) is 2.42. The maximum absolute atomic E-state index is 11.9. The van der Waals surface area contributed by atoms with Crippen LogP contribution < -0.4 is 9.47 Å². The van der Waals surface area contributed by atoms with Crippen molar-refractivity contribution < 1.29 is 14.3 Å². The van der Waals surface area contributed by atoms with Crippen molar-refractivity contribution in [2.45, 2.75) is 20.8 Å². The van der Waals surface area contributed by atoms with E-state index >= 15 is 0 Å². The van der Waals surface area contributed by atoms with Crippen LogP contribution in [0.1, 0.15) is 28.4 Å². The predicted molar refractivity (Wildman–Crippen MR) is 84.0 cm³/mol. The van der Waals surface area contributed by atoms with E-state index < -0.39 is 0 Å². The van der Waals surface area contributed by atoms with Gasteiger partial charge in [-0.25, -0.2) is 0 Å². The van der Waals surface area contributed by atoms with Crippen molar-refractivity contribution in [3.63, 3.8) is 0 Å². The molecule has 0 aliphatic rings. The SMILES string of the molecule is COc1cccc(Oc2c(C)cc(Cl)cc2C)c1C(C)=O. The smallest absolute Gasteiger partial charge is 0.167 e. The van der Waals surface area contributed by atoms with E-state index in [1.807, 2.05) is 26.0 Å². The molecule has 0 N–H and O–H groups in total. The molecule has 0 radical (unpaired) electrons. The maximum Gasteiger partial charge on any atom is 0.167 e. The molecule has 21 heavy (non-hydrogen) atoms. The highest BCUT2D eigenvalue weighted by molar-refractivity contribution is 6.30. The van der Waals surface area contributed by atoms with Gasteiger partial charge in [0.2, 0.25) is 0 Å². The molecule has 0 aliphatic carbocycles. The van der Waals surface area contributed by atoms with E-state index in [-0.39, 0.29) is 5.78 Å². The zero-order valence-electron chi connectivity index (χ0n) is 12.5. The standard InChI is InChI=1S/C17H17ClO3/c1-10-8-13(18)9-11(2)17(10)21-15-7-5-6-14(20-4)16(15)12(3)19/h5-9H,1-4H3. The van der Waals surface area contributed by atoms with Crippen molar-refractivity contribution in [1.29, 1.82) is 0 Å². The van der Waals surface area contributed by atoms with Crippen molar-refractivity contribution in [3.05, 3.63) is 52.0 Å². The number of rotatable bonds is 4. The van der Waals surface area contributed by atoms with Gasteiger partial charge < -0.3 is 9.47 Å². The number of hydrogen-bond donors (Lipinski definition) is 0. The first kappa shape index (κ1) is 15.4. The summed E-state index contributed by atoms with van der Waals surface area (Å²) >= 11 is 6.02. The molecule has 0 amide bonds. The largest absolute Gasteiger partial charge is 0.496 e. The van der Waals surface area contributed by atoms with E-state index in [4.69, 9.17) is 21.1 Å². The third kappa shape index (κ3) is 3.19. The lowest BCUT2D eigenvalue weighted by atomic mass is 10.1. The van der Waals surface area contributed by atoms with Crippen LogP contribution in [0.5, 0.6) is 17.2 Å². The fraction of sp³-hybridized carbons (Fsp3) is 0.235. The fourth-order valence-corrected chi connectivity index (χ4v) is 2.61. The van der Waals surface area contributed by atoms with Crippen LogP contribution in [0.2, 0.25) is 5.02 Å². The van der Waals surface area contributed by atoms with Gasteiger partial charge in [-0.2, -0.15) is 0 Å². The molecule has 0 unspecified atom stereocenters. The average molecular weight is 305 g/mol. The molecule has 2 rings (SSSR count). The van der Waals surface area contributed by atoms with Crippen LogP contribution >= 0.6 is 11.6 Å². The summed E-state index contributed by atoms with van der Waals surface area (Å²) in [6.07, 6.45) is 0. The van der Waals surface area contributed by atoms with Gasteiger partial charge in [-0.05, 0) is 56.2 Å². The van der Waals surface area contributed by atoms with Crippen LogP contribution in [-0.2, 0) is 0 Å². The summed E-state index contributed by atoms with van der Waals surface area (Å²) in [5.41, 5.74) is 2.27. The molecule has 2 aromatic carbocycles. The molecule has 0 fully saturated rings. The first-order valence-electron chi connectivity index (χ1n) is 6.56. The lowest BCUT2D eigenvalue weighted by Crippen LogP contribution is -2.02. The Hall–Kier alpha value is -2.00. The van der Waals surface area contributed by atoms with Crippen molar-refractivity contribution in [1.82, 2.24) is 0 Å². The number of carbonyl (C=O) groups is 1. The quantitative estimate of drug-likeness (QED) is 0.749. The molecule has 0 aromatic heterocycles. The van der Waals surface area contributed by atoms with Crippen molar-refractivity contribution in [2.75, 3.05) is 7.11 Å². The van der Waals surface area contributed by atoms with Crippen LogP contribution in [0.4, 0.5) is 0 Å². The third-order valence-corrected chi connectivity index (χ3v) is 3.42. The summed E-state index contributed by atoms with van der Waals surface area (Å²) in [5, 5.41) is 0.662. The molecule has 0 bridgehead atoms. The van der Waals surface area contributed by atoms with Gasteiger partial charge in [0, 0.05) is 5.02 Å². The number of ether oxygens (including phenoxy) is 2. The van der Waals surface area contributed by atoms with E-state index in [0.29, 0.717) is 27.8 Å². The summed E-state index contributed by atoms with van der Waals surface area (Å²) in [6.45, 7) is 5.33. The molecule has 0 atom stereocenters. The highest BCUT2D eigenvalue weighted by Crippen LogP contribution is 2.36. The van der Waals surface area contributed by atoms with Crippen LogP contribution in [0.15, 0.2) is 30.3 Å². The topological polar surface area (TPSA) is 35.5 Å². The highest BCUT2D eigenvalue weighted by atomic mass is 35.5. The molecular formula is C17H17ClO3. The summed E-state index contributed by atoms with van der Waals surface area (Å²) < 4.78 is 11.2. The number of methoxy groups -OCH3 is 1. The number of Topliss-reactive ketones (excluding diaryl/α,β-unsaturated/α-hetero) is 1. The van der Waals surface area contributed by atoms with Gasteiger partial charge in [0.15, 0.2) is 5.78 Å². The first-order chi connectivity index (χ1) is 9.93. The molecular weight excluding hydrogens is 288 g/mol. The lowest BCUT2D eigenvalue weighted by Gasteiger charge is -2.16. The molecule has 0 spiro atoms. The summed E-state index contributed by atoms with van der Waals surface area (Å²) in [5.74, 6) is 1.58. The molecule has 4 heteroatoms. The molecule has 0 aliphatic heterocycles. The minimum Gasteiger partial charge on any atom is -0.496 e. The monoisotopic (exact) mass is 304 g/mol. The summed E-state index contributed by atoms with van der Waals surface area (Å²) in [7, 11) is 1.53.